The van der Waals surface area contributed by atoms with Crippen molar-refractivity contribution in [1.29, 1.82) is 0 Å². The summed E-state index contributed by atoms with van der Waals surface area (Å²) >= 11 is 6.33. The van der Waals surface area contributed by atoms with Gasteiger partial charge in [-0.05, 0) is 58.8 Å². The number of nitrogens with one attached hydrogen (secondary N) is 1. The van der Waals surface area contributed by atoms with Gasteiger partial charge in [-0.25, -0.2) is 9.69 Å². The van der Waals surface area contributed by atoms with Crippen LogP contribution in [0, 0.1) is 0 Å². The first-order valence-corrected chi connectivity index (χ1v) is 13.9. The zero-order valence-electron chi connectivity index (χ0n) is 22.8. The summed E-state index contributed by atoms with van der Waals surface area (Å²) in [6.45, 7) is 0.550. The van der Waals surface area contributed by atoms with Gasteiger partial charge in [0.15, 0.2) is 0 Å². The molecule has 0 spiro atoms. The van der Waals surface area contributed by atoms with Crippen LogP contribution in [-0.4, -0.2) is 17.8 Å². The van der Waals surface area contributed by atoms with Crippen molar-refractivity contribution in [3.05, 3.63) is 143 Å². The highest BCUT2D eigenvalue weighted by atomic mass is 35.5. The second-order valence-corrected chi connectivity index (χ2v) is 10.2. The molecule has 1 heterocycles. The molecular weight excluding hydrogens is 564 g/mol. The highest BCUT2D eigenvalue weighted by molar-refractivity contribution is 6.39. The Balaban J connectivity index is 1.31. The molecule has 1 N–H and O–H groups in total. The molecule has 43 heavy (non-hydrogen) atoms. The van der Waals surface area contributed by atoms with E-state index in [4.69, 9.17) is 21.1 Å². The van der Waals surface area contributed by atoms with Crippen LogP contribution in [0.5, 0.6) is 11.5 Å². The molecule has 1 aliphatic rings. The summed E-state index contributed by atoms with van der Waals surface area (Å²) < 4.78 is 12.0. The SMILES string of the molecule is O=C1NC(=O)N(c2ccc(OCc3ccccc3)cc2)C(=O)/C1=C/c1c(OCc2ccccc2Cl)ccc2ccccc12. The van der Waals surface area contributed by atoms with Crippen LogP contribution in [0.3, 0.4) is 0 Å². The maximum absolute atomic E-state index is 13.7. The molecular formula is C35H25ClN2O5. The molecule has 0 saturated carbocycles. The minimum Gasteiger partial charge on any atom is -0.489 e. The fourth-order valence-electron chi connectivity index (χ4n) is 4.79. The van der Waals surface area contributed by atoms with Gasteiger partial charge in [-0.3, -0.25) is 14.9 Å². The van der Waals surface area contributed by atoms with Gasteiger partial charge in [-0.2, -0.15) is 0 Å². The van der Waals surface area contributed by atoms with Crippen molar-refractivity contribution < 1.29 is 23.9 Å². The van der Waals surface area contributed by atoms with Crippen LogP contribution >= 0.6 is 11.6 Å². The summed E-state index contributed by atoms with van der Waals surface area (Å²) in [5.74, 6) is -0.522. The molecule has 0 aliphatic carbocycles. The van der Waals surface area contributed by atoms with E-state index >= 15 is 0 Å². The average Bonchev–Trinajstić information content (AvgIpc) is 3.03. The summed E-state index contributed by atoms with van der Waals surface area (Å²) in [5, 5.41) is 4.52. The number of carbonyl (C=O) groups is 3. The number of barbiturate groups is 1. The fourth-order valence-corrected chi connectivity index (χ4v) is 4.98. The first-order chi connectivity index (χ1) is 21.0. The van der Waals surface area contributed by atoms with Gasteiger partial charge in [-0.15, -0.1) is 0 Å². The zero-order valence-corrected chi connectivity index (χ0v) is 23.6. The molecule has 0 atom stereocenters. The fraction of sp³-hybridized carbons (Fsp3) is 0.0571. The Morgan fingerprint density at radius 2 is 1.44 bits per heavy atom. The van der Waals surface area contributed by atoms with Gasteiger partial charge in [0.2, 0.25) is 0 Å². The Bertz CT molecular complexity index is 1870. The Hall–Kier alpha value is -5.40. The Morgan fingerprint density at radius 3 is 2.23 bits per heavy atom. The molecule has 1 saturated heterocycles. The summed E-state index contributed by atoms with van der Waals surface area (Å²) in [7, 11) is 0. The van der Waals surface area contributed by atoms with Crippen LogP contribution in [0.25, 0.3) is 16.8 Å². The summed E-state index contributed by atoms with van der Waals surface area (Å²) in [5.41, 5.74) is 2.41. The lowest BCUT2D eigenvalue weighted by atomic mass is 9.99. The molecule has 0 radical (unpaired) electrons. The molecule has 0 bridgehead atoms. The summed E-state index contributed by atoms with van der Waals surface area (Å²) in [6.07, 6.45) is 1.47. The van der Waals surface area contributed by atoms with E-state index in [0.29, 0.717) is 34.4 Å². The van der Waals surface area contributed by atoms with E-state index < -0.39 is 17.8 Å². The van der Waals surface area contributed by atoms with Crippen molar-refractivity contribution in [1.82, 2.24) is 5.32 Å². The lowest BCUT2D eigenvalue weighted by Gasteiger charge is -2.26. The quantitative estimate of drug-likeness (QED) is 0.152. The van der Waals surface area contributed by atoms with Gasteiger partial charge in [0.1, 0.15) is 30.3 Å². The number of benzene rings is 5. The molecule has 4 amide bonds. The van der Waals surface area contributed by atoms with Crippen LogP contribution in [0.4, 0.5) is 10.5 Å². The molecule has 1 fully saturated rings. The van der Waals surface area contributed by atoms with Crippen molar-refractivity contribution in [2.45, 2.75) is 13.2 Å². The monoisotopic (exact) mass is 588 g/mol. The zero-order chi connectivity index (χ0) is 29.8. The van der Waals surface area contributed by atoms with Gasteiger partial charge in [0.05, 0.1) is 5.69 Å². The van der Waals surface area contributed by atoms with E-state index in [1.165, 1.54) is 6.08 Å². The van der Waals surface area contributed by atoms with E-state index in [-0.39, 0.29) is 12.2 Å². The predicted molar refractivity (Wildman–Crippen MR) is 166 cm³/mol. The highest BCUT2D eigenvalue weighted by Gasteiger charge is 2.37. The van der Waals surface area contributed by atoms with Crippen molar-refractivity contribution in [3.63, 3.8) is 0 Å². The maximum atomic E-state index is 13.7. The number of rotatable bonds is 8. The van der Waals surface area contributed by atoms with Crippen LogP contribution in [-0.2, 0) is 22.8 Å². The van der Waals surface area contributed by atoms with Crippen LogP contribution in [0.2, 0.25) is 5.02 Å². The lowest BCUT2D eigenvalue weighted by Crippen LogP contribution is -2.54. The standard InChI is InChI=1S/C35H25ClN2O5/c36-31-13-7-5-11-25(31)22-43-32-19-14-24-10-4-6-12-28(24)29(32)20-30-33(39)37-35(41)38(34(30)40)26-15-17-27(18-16-26)42-21-23-8-2-1-3-9-23/h1-20H,21-22H2,(H,37,39,41)/b30-20+. The van der Waals surface area contributed by atoms with Crippen molar-refractivity contribution in [2.24, 2.45) is 0 Å². The third-order valence-electron chi connectivity index (χ3n) is 7.01. The van der Waals surface area contributed by atoms with Crippen LogP contribution in [0.15, 0.2) is 121 Å². The second-order valence-electron chi connectivity index (χ2n) is 9.80. The number of nitrogens with zero attached hydrogens (tertiary/aromatic N) is 1. The number of hydrogen-bond donors (Lipinski definition) is 1. The third kappa shape index (κ3) is 5.98. The smallest absolute Gasteiger partial charge is 0.335 e. The summed E-state index contributed by atoms with van der Waals surface area (Å²) in [6, 6.07) is 34.0. The predicted octanol–water partition coefficient (Wildman–Crippen LogP) is 7.32. The third-order valence-corrected chi connectivity index (χ3v) is 7.37. The van der Waals surface area contributed by atoms with Crippen LogP contribution in [0.1, 0.15) is 16.7 Å². The van der Waals surface area contributed by atoms with Crippen molar-refractivity contribution in [2.75, 3.05) is 4.90 Å². The van der Waals surface area contributed by atoms with Crippen molar-refractivity contribution >= 4 is 52.0 Å². The topological polar surface area (TPSA) is 84.9 Å². The maximum Gasteiger partial charge on any atom is 0.335 e. The number of fused-ring (bicyclic) bond motifs is 1. The first kappa shape index (κ1) is 27.8. The van der Waals surface area contributed by atoms with Gasteiger partial charge >= 0.3 is 6.03 Å². The minimum absolute atomic E-state index is 0.178. The number of carbonyl (C=O) groups excluding carboxylic acids is 3. The highest BCUT2D eigenvalue weighted by Crippen LogP contribution is 2.33. The van der Waals surface area contributed by atoms with E-state index in [1.807, 2.05) is 78.9 Å². The molecule has 212 valence electrons. The number of anilines is 1. The molecule has 5 aromatic rings. The molecule has 8 heteroatoms. The number of amides is 4. The largest absolute Gasteiger partial charge is 0.489 e. The minimum atomic E-state index is -0.835. The van der Waals surface area contributed by atoms with Crippen molar-refractivity contribution in [3.8, 4) is 11.5 Å². The number of ether oxygens (including phenoxy) is 2. The first-order valence-electron chi connectivity index (χ1n) is 13.5. The Morgan fingerprint density at radius 1 is 0.721 bits per heavy atom. The molecule has 0 unspecified atom stereocenters. The van der Waals surface area contributed by atoms with Gasteiger partial charge in [0.25, 0.3) is 11.8 Å². The Labute approximate surface area is 252 Å². The molecule has 7 nitrogen and oxygen atoms in total. The Kier molecular flexibility index (Phi) is 7.89. The van der Waals surface area contributed by atoms with Gasteiger partial charge in [0, 0.05) is 16.1 Å². The number of imide groups is 2. The molecule has 1 aliphatic heterocycles. The number of hydrogen-bond acceptors (Lipinski definition) is 5. The van der Waals surface area contributed by atoms with E-state index in [0.717, 1.165) is 26.8 Å². The van der Waals surface area contributed by atoms with Crippen LogP contribution < -0.4 is 19.7 Å². The molecule has 0 aromatic heterocycles. The van der Waals surface area contributed by atoms with E-state index in [9.17, 15) is 14.4 Å². The second kappa shape index (κ2) is 12.2. The average molecular weight is 589 g/mol. The van der Waals surface area contributed by atoms with E-state index in [1.54, 1.807) is 36.4 Å². The number of urea groups is 1. The van der Waals surface area contributed by atoms with Gasteiger partial charge < -0.3 is 9.47 Å². The molecule has 5 aromatic carbocycles. The number of halogens is 1. The lowest BCUT2D eigenvalue weighted by molar-refractivity contribution is -0.122. The molecule has 6 rings (SSSR count). The summed E-state index contributed by atoms with van der Waals surface area (Å²) in [4.78, 5) is 40.5. The van der Waals surface area contributed by atoms with E-state index in [2.05, 4.69) is 5.32 Å². The van der Waals surface area contributed by atoms with Gasteiger partial charge in [-0.1, -0.05) is 90.5 Å². The normalized spacial score (nSPS) is 14.2.